The highest BCUT2D eigenvalue weighted by atomic mass is 32.1. The van der Waals surface area contributed by atoms with Gasteiger partial charge in [0.2, 0.25) is 0 Å². The van der Waals surface area contributed by atoms with Crippen molar-refractivity contribution >= 4 is 28.8 Å². The number of aryl methyl sites for hydroxylation is 2. The van der Waals surface area contributed by atoms with E-state index in [9.17, 15) is 14.7 Å². The van der Waals surface area contributed by atoms with Crippen LogP contribution < -0.4 is 0 Å². The molecule has 1 aliphatic heterocycles. The number of aliphatic hydroxyl groups is 1. The van der Waals surface area contributed by atoms with E-state index >= 15 is 0 Å². The molecule has 2 N–H and O–H groups in total. The molecule has 4 rings (SSSR count). The van der Waals surface area contributed by atoms with Gasteiger partial charge in [-0.2, -0.15) is 5.10 Å². The second kappa shape index (κ2) is 7.05. The Bertz CT molecular complexity index is 1050. The van der Waals surface area contributed by atoms with Gasteiger partial charge in [0.15, 0.2) is 0 Å². The summed E-state index contributed by atoms with van der Waals surface area (Å²) in [6.45, 7) is 3.73. The van der Waals surface area contributed by atoms with Crippen molar-refractivity contribution < 1.29 is 14.7 Å². The minimum Gasteiger partial charge on any atom is -0.507 e. The topological polar surface area (TPSA) is 99.2 Å². The molecule has 8 heteroatoms. The third kappa shape index (κ3) is 2.91. The average Bonchev–Trinajstić information content (AvgIpc) is 3.38. The molecule has 7 nitrogen and oxygen atoms in total. The minimum atomic E-state index is -0.695. The van der Waals surface area contributed by atoms with Crippen LogP contribution in [0.3, 0.4) is 0 Å². The number of nitrogens with zero attached hydrogens (tertiary/aromatic N) is 3. The number of carbonyl (C=O) groups excluding carboxylic acids is 2. The first-order valence-corrected chi connectivity index (χ1v) is 9.59. The van der Waals surface area contributed by atoms with Crippen LogP contribution in [0.2, 0.25) is 0 Å². The zero-order valence-corrected chi connectivity index (χ0v) is 16.2. The van der Waals surface area contributed by atoms with Crippen LogP contribution >= 0.6 is 11.3 Å². The van der Waals surface area contributed by atoms with Crippen molar-refractivity contribution in [3.05, 3.63) is 75.0 Å². The number of carbonyl (C=O) groups is 2. The van der Waals surface area contributed by atoms with Crippen molar-refractivity contribution in [2.45, 2.75) is 26.4 Å². The number of rotatable bonds is 4. The summed E-state index contributed by atoms with van der Waals surface area (Å²) in [5.41, 5.74) is 2.56. The highest BCUT2D eigenvalue weighted by Gasteiger charge is 2.46. The average molecular weight is 394 g/mol. The highest BCUT2D eigenvalue weighted by molar-refractivity contribution is 7.10. The summed E-state index contributed by atoms with van der Waals surface area (Å²) in [6, 6.07) is 6.69. The quantitative estimate of drug-likeness (QED) is 0.402. The SMILES string of the molecule is Cc1n[nH]c(C)c1C(O)=C1C(=O)C(=O)N(Cc2cccnc2)[C@H]1c1cccs1. The first-order chi connectivity index (χ1) is 13.5. The number of nitrogens with one attached hydrogen (secondary N) is 1. The predicted octanol–water partition coefficient (Wildman–Crippen LogP) is 3.10. The van der Waals surface area contributed by atoms with Crippen molar-refractivity contribution in [3.63, 3.8) is 0 Å². The Morgan fingerprint density at radius 2 is 2.11 bits per heavy atom. The Morgan fingerprint density at radius 1 is 1.29 bits per heavy atom. The van der Waals surface area contributed by atoms with Crippen LogP contribution in [0.5, 0.6) is 0 Å². The van der Waals surface area contributed by atoms with E-state index in [-0.39, 0.29) is 17.9 Å². The van der Waals surface area contributed by atoms with Gasteiger partial charge in [-0.1, -0.05) is 12.1 Å². The van der Waals surface area contributed by atoms with Gasteiger partial charge in [-0.15, -0.1) is 11.3 Å². The molecule has 0 saturated carbocycles. The second-order valence-corrected chi connectivity index (χ2v) is 7.59. The standard InChI is InChI=1S/C20H18N4O3S/c1-11-15(12(2)23-22-11)18(25)16-17(14-6-4-8-28-14)24(20(27)19(16)26)10-13-5-3-7-21-9-13/h3-9,17,25H,10H2,1-2H3,(H,22,23)/t17-/m0/s1. The van der Waals surface area contributed by atoms with Crippen molar-refractivity contribution in [2.75, 3.05) is 0 Å². The Morgan fingerprint density at radius 3 is 2.71 bits per heavy atom. The summed E-state index contributed by atoms with van der Waals surface area (Å²) in [6.07, 6.45) is 3.31. The zero-order valence-electron chi connectivity index (χ0n) is 15.3. The summed E-state index contributed by atoms with van der Waals surface area (Å²) >= 11 is 1.43. The van der Waals surface area contributed by atoms with Crippen LogP contribution in [0.25, 0.3) is 5.76 Å². The van der Waals surface area contributed by atoms with Gasteiger partial charge in [0.25, 0.3) is 11.7 Å². The van der Waals surface area contributed by atoms with Gasteiger partial charge < -0.3 is 10.0 Å². The molecule has 1 aliphatic rings. The monoisotopic (exact) mass is 394 g/mol. The summed E-state index contributed by atoms with van der Waals surface area (Å²) in [5.74, 6) is -1.53. The van der Waals surface area contributed by atoms with E-state index < -0.39 is 17.7 Å². The molecule has 3 aromatic rings. The fraction of sp³-hybridized carbons (Fsp3) is 0.200. The molecule has 1 fully saturated rings. The largest absolute Gasteiger partial charge is 0.507 e. The van der Waals surface area contributed by atoms with Crippen molar-refractivity contribution in [1.82, 2.24) is 20.1 Å². The number of ketones is 1. The molecule has 0 unspecified atom stereocenters. The van der Waals surface area contributed by atoms with Gasteiger partial charge in [-0.05, 0) is 36.9 Å². The van der Waals surface area contributed by atoms with Gasteiger partial charge in [0, 0.05) is 29.5 Å². The fourth-order valence-corrected chi connectivity index (χ4v) is 4.35. The fourth-order valence-electron chi connectivity index (χ4n) is 3.51. The molecular weight excluding hydrogens is 376 g/mol. The van der Waals surface area contributed by atoms with Gasteiger partial charge in [0.05, 0.1) is 22.9 Å². The summed E-state index contributed by atoms with van der Waals surface area (Å²) in [7, 11) is 0. The number of aromatic amines is 1. The molecule has 1 atom stereocenters. The van der Waals surface area contributed by atoms with Gasteiger partial charge >= 0.3 is 0 Å². The molecule has 3 aromatic heterocycles. The number of aliphatic hydroxyl groups excluding tert-OH is 1. The van der Waals surface area contributed by atoms with Crippen LogP contribution in [0.15, 0.2) is 47.6 Å². The van der Waals surface area contributed by atoms with Crippen molar-refractivity contribution in [2.24, 2.45) is 0 Å². The van der Waals surface area contributed by atoms with Crippen LogP contribution in [-0.2, 0) is 16.1 Å². The molecule has 0 aromatic carbocycles. The normalized spacial score (nSPS) is 18.8. The molecule has 1 amide bonds. The van der Waals surface area contributed by atoms with Crippen LogP contribution in [-0.4, -0.2) is 36.9 Å². The molecule has 0 spiro atoms. The third-order valence-corrected chi connectivity index (χ3v) is 5.72. The summed E-state index contributed by atoms with van der Waals surface area (Å²) < 4.78 is 0. The molecular formula is C20H18N4O3S. The van der Waals surface area contributed by atoms with E-state index in [0.29, 0.717) is 17.0 Å². The lowest BCUT2D eigenvalue weighted by Crippen LogP contribution is -2.28. The number of aromatic nitrogens is 3. The number of hydrogen-bond donors (Lipinski definition) is 2. The summed E-state index contributed by atoms with van der Waals surface area (Å²) in [5, 5.41) is 19.8. The summed E-state index contributed by atoms with van der Waals surface area (Å²) in [4.78, 5) is 32.2. The zero-order chi connectivity index (χ0) is 19.8. The number of H-pyrrole nitrogens is 1. The molecule has 0 aliphatic carbocycles. The lowest BCUT2D eigenvalue weighted by Gasteiger charge is -2.24. The number of likely N-dealkylation sites (tertiary alicyclic amines) is 1. The maximum Gasteiger partial charge on any atom is 0.295 e. The van der Waals surface area contributed by atoms with E-state index in [2.05, 4.69) is 15.2 Å². The molecule has 0 bridgehead atoms. The van der Waals surface area contributed by atoms with E-state index in [1.807, 2.05) is 23.6 Å². The van der Waals surface area contributed by atoms with Crippen molar-refractivity contribution in [3.8, 4) is 0 Å². The maximum absolute atomic E-state index is 12.9. The molecule has 28 heavy (non-hydrogen) atoms. The molecule has 4 heterocycles. The van der Waals surface area contributed by atoms with Crippen LogP contribution in [0.4, 0.5) is 0 Å². The van der Waals surface area contributed by atoms with Gasteiger partial charge in [-0.25, -0.2) is 0 Å². The van der Waals surface area contributed by atoms with Crippen LogP contribution in [0.1, 0.15) is 33.4 Å². The first-order valence-electron chi connectivity index (χ1n) is 8.71. The minimum absolute atomic E-state index is 0.0870. The Labute approximate surface area is 165 Å². The van der Waals surface area contributed by atoms with Gasteiger partial charge in [0.1, 0.15) is 5.76 Å². The molecule has 142 valence electrons. The Balaban J connectivity index is 1.87. The predicted molar refractivity (Wildman–Crippen MR) is 104 cm³/mol. The number of amides is 1. The molecule has 0 radical (unpaired) electrons. The van der Waals surface area contributed by atoms with E-state index in [1.54, 1.807) is 32.3 Å². The Kier molecular flexibility index (Phi) is 4.56. The number of Topliss-reactive ketones (excluding diaryl/α,β-unsaturated/α-hetero) is 1. The van der Waals surface area contributed by atoms with Crippen molar-refractivity contribution in [1.29, 1.82) is 0 Å². The Hall–Kier alpha value is -3.26. The van der Waals surface area contributed by atoms with Crippen LogP contribution in [0, 0.1) is 13.8 Å². The highest BCUT2D eigenvalue weighted by Crippen LogP contribution is 2.42. The second-order valence-electron chi connectivity index (χ2n) is 6.61. The lowest BCUT2D eigenvalue weighted by molar-refractivity contribution is -0.140. The van der Waals surface area contributed by atoms with E-state index in [4.69, 9.17) is 0 Å². The first kappa shape index (κ1) is 18.1. The lowest BCUT2D eigenvalue weighted by atomic mass is 9.99. The van der Waals surface area contributed by atoms with E-state index in [0.717, 1.165) is 10.4 Å². The molecule has 1 saturated heterocycles. The maximum atomic E-state index is 12.9. The third-order valence-electron chi connectivity index (χ3n) is 4.79. The van der Waals surface area contributed by atoms with E-state index in [1.165, 1.54) is 16.2 Å². The smallest absolute Gasteiger partial charge is 0.295 e. The van der Waals surface area contributed by atoms with Gasteiger partial charge in [-0.3, -0.25) is 19.7 Å². The number of thiophene rings is 1. The number of hydrogen-bond acceptors (Lipinski definition) is 6. The number of pyridine rings is 1.